The summed E-state index contributed by atoms with van der Waals surface area (Å²) in [4.78, 5) is 5.44. The molecule has 3 heteroatoms. The lowest BCUT2D eigenvalue weighted by molar-refractivity contribution is 0.145. The molecule has 0 saturated carbocycles. The van der Waals surface area contributed by atoms with E-state index in [-0.39, 0.29) is 0 Å². The maximum atomic E-state index is 5.44. The van der Waals surface area contributed by atoms with E-state index in [1.165, 1.54) is 5.57 Å². The predicted octanol–water partition coefficient (Wildman–Crippen LogP) is 2.35. The van der Waals surface area contributed by atoms with Crippen molar-refractivity contribution in [3.05, 3.63) is 35.4 Å². The van der Waals surface area contributed by atoms with Crippen molar-refractivity contribution in [1.29, 1.82) is 0 Å². The lowest BCUT2D eigenvalue weighted by Crippen LogP contribution is -2.21. The van der Waals surface area contributed by atoms with E-state index in [4.69, 9.17) is 9.57 Å². The SMILES string of the molecule is COc1ccc(C2=C(C)CCNO2)cc1. The highest BCUT2D eigenvalue weighted by atomic mass is 16.6. The van der Waals surface area contributed by atoms with Gasteiger partial charge < -0.3 is 9.57 Å². The number of nitrogens with one attached hydrogen (secondary N) is 1. The van der Waals surface area contributed by atoms with Gasteiger partial charge in [-0.25, -0.2) is 0 Å². The van der Waals surface area contributed by atoms with Crippen LogP contribution in [0.25, 0.3) is 5.76 Å². The Bertz CT molecular complexity index is 368. The summed E-state index contributed by atoms with van der Waals surface area (Å²) in [6.45, 7) is 2.98. The van der Waals surface area contributed by atoms with E-state index in [1.54, 1.807) is 7.11 Å². The molecule has 0 amide bonds. The highest BCUT2D eigenvalue weighted by Gasteiger charge is 2.12. The molecule has 15 heavy (non-hydrogen) atoms. The first kappa shape index (κ1) is 10.1. The maximum Gasteiger partial charge on any atom is 0.153 e. The van der Waals surface area contributed by atoms with E-state index in [9.17, 15) is 0 Å². The van der Waals surface area contributed by atoms with Crippen LogP contribution in [0, 0.1) is 0 Å². The molecule has 0 radical (unpaired) electrons. The Balaban J connectivity index is 2.28. The first-order chi connectivity index (χ1) is 7.31. The van der Waals surface area contributed by atoms with Gasteiger partial charge in [-0.05, 0) is 43.2 Å². The summed E-state index contributed by atoms with van der Waals surface area (Å²) in [5.74, 6) is 1.80. The van der Waals surface area contributed by atoms with Gasteiger partial charge in [-0.2, -0.15) is 5.48 Å². The zero-order valence-corrected chi connectivity index (χ0v) is 9.04. The van der Waals surface area contributed by atoms with Crippen LogP contribution in [0.15, 0.2) is 29.8 Å². The Kier molecular flexibility index (Phi) is 2.92. The van der Waals surface area contributed by atoms with Gasteiger partial charge in [0.1, 0.15) is 5.75 Å². The minimum atomic E-state index is 0.862. The third-order valence-electron chi connectivity index (χ3n) is 2.52. The van der Waals surface area contributed by atoms with Crippen molar-refractivity contribution in [2.45, 2.75) is 13.3 Å². The average molecular weight is 205 g/mol. The lowest BCUT2D eigenvalue weighted by atomic mass is 10.1. The molecule has 1 aromatic carbocycles. The molecule has 0 spiro atoms. The van der Waals surface area contributed by atoms with Crippen LogP contribution in [0.4, 0.5) is 0 Å². The van der Waals surface area contributed by atoms with Gasteiger partial charge in [-0.1, -0.05) is 0 Å². The molecule has 0 fully saturated rings. The van der Waals surface area contributed by atoms with Crippen LogP contribution < -0.4 is 10.2 Å². The fourth-order valence-corrected chi connectivity index (χ4v) is 1.61. The molecule has 0 unspecified atom stereocenters. The number of methoxy groups -OCH3 is 1. The van der Waals surface area contributed by atoms with Gasteiger partial charge in [0, 0.05) is 12.1 Å². The number of rotatable bonds is 2. The van der Waals surface area contributed by atoms with Crippen molar-refractivity contribution in [3.63, 3.8) is 0 Å². The number of hydrogen-bond donors (Lipinski definition) is 1. The molecule has 1 aromatic rings. The molecular formula is C12H15NO2. The summed E-state index contributed by atoms with van der Waals surface area (Å²) < 4.78 is 5.11. The molecule has 0 aromatic heterocycles. The predicted molar refractivity (Wildman–Crippen MR) is 59.3 cm³/mol. The Morgan fingerprint density at radius 1 is 1.27 bits per heavy atom. The molecule has 0 atom stereocenters. The van der Waals surface area contributed by atoms with Gasteiger partial charge in [-0.15, -0.1) is 0 Å². The second-order valence-electron chi connectivity index (χ2n) is 3.58. The van der Waals surface area contributed by atoms with Gasteiger partial charge in [0.2, 0.25) is 0 Å². The van der Waals surface area contributed by atoms with Gasteiger partial charge in [0.15, 0.2) is 5.76 Å². The minimum absolute atomic E-state index is 0.862. The fraction of sp³-hybridized carbons (Fsp3) is 0.333. The smallest absolute Gasteiger partial charge is 0.153 e. The summed E-state index contributed by atoms with van der Waals surface area (Å²) in [6, 6.07) is 7.89. The van der Waals surface area contributed by atoms with E-state index in [0.717, 1.165) is 30.0 Å². The Labute approximate surface area is 89.7 Å². The number of benzene rings is 1. The summed E-state index contributed by atoms with van der Waals surface area (Å²) in [6.07, 6.45) is 1.03. The molecule has 0 saturated heterocycles. The van der Waals surface area contributed by atoms with E-state index in [1.807, 2.05) is 24.3 Å². The Morgan fingerprint density at radius 3 is 2.60 bits per heavy atom. The molecule has 1 heterocycles. The maximum absolute atomic E-state index is 5.44. The minimum Gasteiger partial charge on any atom is -0.497 e. The van der Waals surface area contributed by atoms with Crippen molar-refractivity contribution in [2.24, 2.45) is 0 Å². The zero-order chi connectivity index (χ0) is 10.7. The van der Waals surface area contributed by atoms with Crippen LogP contribution >= 0.6 is 0 Å². The monoisotopic (exact) mass is 205 g/mol. The molecule has 3 nitrogen and oxygen atoms in total. The van der Waals surface area contributed by atoms with Crippen molar-refractivity contribution < 1.29 is 9.57 Å². The molecule has 1 aliphatic rings. The number of hydroxylamine groups is 1. The first-order valence-electron chi connectivity index (χ1n) is 5.05. The van der Waals surface area contributed by atoms with Gasteiger partial charge in [0.05, 0.1) is 7.11 Å². The van der Waals surface area contributed by atoms with Gasteiger partial charge in [0.25, 0.3) is 0 Å². The first-order valence-corrected chi connectivity index (χ1v) is 5.05. The van der Waals surface area contributed by atoms with Crippen molar-refractivity contribution in [2.75, 3.05) is 13.7 Å². The summed E-state index contributed by atoms with van der Waals surface area (Å²) in [5.41, 5.74) is 5.26. The fourth-order valence-electron chi connectivity index (χ4n) is 1.61. The molecule has 1 N–H and O–H groups in total. The molecule has 2 rings (SSSR count). The Hall–Kier alpha value is -1.48. The topological polar surface area (TPSA) is 30.5 Å². The van der Waals surface area contributed by atoms with E-state index >= 15 is 0 Å². The van der Waals surface area contributed by atoms with Crippen LogP contribution in [0.2, 0.25) is 0 Å². The van der Waals surface area contributed by atoms with Crippen LogP contribution in [0.3, 0.4) is 0 Å². The molecular weight excluding hydrogens is 190 g/mol. The quantitative estimate of drug-likeness (QED) is 0.804. The second-order valence-corrected chi connectivity index (χ2v) is 3.58. The largest absolute Gasteiger partial charge is 0.497 e. The highest BCUT2D eigenvalue weighted by Crippen LogP contribution is 2.25. The van der Waals surface area contributed by atoms with Crippen molar-refractivity contribution >= 4 is 5.76 Å². The standard InChI is InChI=1S/C12H15NO2/c1-9-7-8-13-15-12(9)10-3-5-11(14-2)6-4-10/h3-6,13H,7-8H2,1-2H3. The van der Waals surface area contributed by atoms with Gasteiger partial charge >= 0.3 is 0 Å². The Morgan fingerprint density at radius 2 is 2.00 bits per heavy atom. The normalized spacial score (nSPS) is 16.1. The lowest BCUT2D eigenvalue weighted by Gasteiger charge is -2.19. The summed E-state index contributed by atoms with van der Waals surface area (Å²) in [7, 11) is 1.66. The van der Waals surface area contributed by atoms with Crippen molar-refractivity contribution in [1.82, 2.24) is 5.48 Å². The highest BCUT2D eigenvalue weighted by molar-refractivity contribution is 5.63. The van der Waals surface area contributed by atoms with Gasteiger partial charge in [-0.3, -0.25) is 0 Å². The molecule has 0 aliphatic carbocycles. The van der Waals surface area contributed by atoms with E-state index in [0.29, 0.717) is 0 Å². The molecule has 80 valence electrons. The molecule has 0 bridgehead atoms. The summed E-state index contributed by atoms with van der Waals surface area (Å²) >= 11 is 0. The average Bonchev–Trinajstić information content (AvgIpc) is 2.30. The van der Waals surface area contributed by atoms with E-state index in [2.05, 4.69) is 12.4 Å². The number of ether oxygens (including phenoxy) is 1. The zero-order valence-electron chi connectivity index (χ0n) is 9.04. The third kappa shape index (κ3) is 2.13. The van der Waals surface area contributed by atoms with Crippen LogP contribution in [0.1, 0.15) is 18.9 Å². The molecule has 1 aliphatic heterocycles. The number of hydrogen-bond acceptors (Lipinski definition) is 3. The van der Waals surface area contributed by atoms with Crippen LogP contribution in [-0.4, -0.2) is 13.7 Å². The van der Waals surface area contributed by atoms with Crippen molar-refractivity contribution in [3.8, 4) is 5.75 Å². The second kappa shape index (κ2) is 4.36. The summed E-state index contributed by atoms with van der Waals surface area (Å²) in [5, 5.41) is 0. The van der Waals surface area contributed by atoms with E-state index < -0.39 is 0 Å². The van der Waals surface area contributed by atoms with Crippen LogP contribution in [0.5, 0.6) is 5.75 Å². The third-order valence-corrected chi connectivity index (χ3v) is 2.52. The van der Waals surface area contributed by atoms with Crippen LogP contribution in [-0.2, 0) is 4.84 Å².